The van der Waals surface area contributed by atoms with E-state index in [0.717, 1.165) is 11.1 Å². The van der Waals surface area contributed by atoms with E-state index in [0.29, 0.717) is 0 Å². The molecule has 2 aliphatic rings. The molecule has 2 nitrogen and oxygen atoms in total. The van der Waals surface area contributed by atoms with Crippen molar-refractivity contribution in [3.8, 4) is 33.4 Å². The van der Waals surface area contributed by atoms with Crippen LogP contribution in [-0.4, -0.2) is 4.98 Å². The first kappa shape index (κ1) is 30.6. The monoisotopic (exact) mass is 716 g/mol. The lowest BCUT2D eigenvalue weighted by Crippen LogP contribution is -2.26. The molecule has 8 aromatic carbocycles. The third-order valence-corrected chi connectivity index (χ3v) is 13.1. The Balaban J connectivity index is 1.18. The first-order valence-corrected chi connectivity index (χ1v) is 19.7. The maximum absolute atomic E-state index is 4.49. The summed E-state index contributed by atoms with van der Waals surface area (Å²) >= 11 is 1.86. The zero-order chi connectivity index (χ0) is 36.1. The number of nitrogens with zero attached hydrogens (tertiary/aromatic N) is 2. The van der Waals surface area contributed by atoms with E-state index < -0.39 is 5.41 Å². The molecule has 256 valence electrons. The van der Waals surface area contributed by atoms with Gasteiger partial charge in [0.15, 0.2) is 0 Å². The lowest BCUT2D eigenvalue weighted by atomic mass is 9.70. The molecule has 0 bridgehead atoms. The van der Waals surface area contributed by atoms with Crippen LogP contribution in [0.25, 0.3) is 64.3 Å². The molecule has 3 heteroatoms. The number of aromatic nitrogens is 1. The van der Waals surface area contributed by atoms with E-state index in [2.05, 4.69) is 192 Å². The smallest absolute Gasteiger partial charge is 0.0726 e. The van der Waals surface area contributed by atoms with Crippen molar-refractivity contribution in [2.45, 2.75) is 5.41 Å². The Morgan fingerprint density at radius 2 is 1.07 bits per heavy atom. The van der Waals surface area contributed by atoms with Gasteiger partial charge < -0.3 is 4.90 Å². The van der Waals surface area contributed by atoms with Gasteiger partial charge in [0.05, 0.1) is 16.8 Å². The summed E-state index contributed by atoms with van der Waals surface area (Å²) < 4.78 is 2.55. The minimum atomic E-state index is -0.426. The predicted octanol–water partition coefficient (Wildman–Crippen LogP) is 14.1. The maximum atomic E-state index is 4.49. The molecule has 55 heavy (non-hydrogen) atoms. The summed E-state index contributed by atoms with van der Waals surface area (Å²) in [5.41, 5.74) is 16.0. The molecule has 2 aliphatic carbocycles. The van der Waals surface area contributed by atoms with E-state index in [-0.39, 0.29) is 0 Å². The van der Waals surface area contributed by atoms with Crippen LogP contribution in [0.4, 0.5) is 17.1 Å². The van der Waals surface area contributed by atoms with Gasteiger partial charge in [-0.2, -0.15) is 0 Å². The molecule has 0 N–H and O–H groups in total. The Hall–Kier alpha value is -6.81. The fourth-order valence-electron chi connectivity index (χ4n) is 9.73. The molecule has 0 unspecified atom stereocenters. The van der Waals surface area contributed by atoms with Crippen LogP contribution in [0.15, 0.2) is 194 Å². The van der Waals surface area contributed by atoms with Gasteiger partial charge in [-0.15, -0.1) is 11.3 Å². The lowest BCUT2D eigenvalue weighted by molar-refractivity contribution is 0.794. The Morgan fingerprint density at radius 3 is 1.84 bits per heavy atom. The van der Waals surface area contributed by atoms with Gasteiger partial charge in [-0.25, -0.2) is 0 Å². The first-order valence-electron chi connectivity index (χ1n) is 18.9. The fourth-order valence-corrected chi connectivity index (χ4v) is 10.9. The number of thiophene rings is 1. The van der Waals surface area contributed by atoms with Crippen LogP contribution in [0.1, 0.15) is 22.3 Å². The number of hydrogen-bond donors (Lipinski definition) is 0. The second-order valence-corrected chi connectivity index (χ2v) is 15.7. The number of rotatable bonds is 4. The Morgan fingerprint density at radius 1 is 0.455 bits per heavy atom. The molecular weight excluding hydrogens is 685 g/mol. The molecule has 0 atom stereocenters. The zero-order valence-electron chi connectivity index (χ0n) is 29.8. The second kappa shape index (κ2) is 11.6. The van der Waals surface area contributed by atoms with Crippen LogP contribution in [0.5, 0.6) is 0 Å². The fraction of sp³-hybridized carbons (Fsp3) is 0.0192. The molecule has 0 aliphatic heterocycles. The van der Waals surface area contributed by atoms with Crippen molar-refractivity contribution in [2.75, 3.05) is 4.90 Å². The number of benzene rings is 8. The summed E-state index contributed by atoms with van der Waals surface area (Å²) in [5, 5.41) is 4.88. The highest BCUT2D eigenvalue weighted by Crippen LogP contribution is 2.64. The molecule has 12 rings (SSSR count). The molecule has 0 fully saturated rings. The van der Waals surface area contributed by atoms with E-state index >= 15 is 0 Å². The van der Waals surface area contributed by atoms with Crippen molar-refractivity contribution in [2.24, 2.45) is 0 Å². The molecule has 0 saturated carbocycles. The minimum Gasteiger partial charge on any atom is -0.309 e. The Labute approximate surface area is 323 Å². The molecule has 1 spiro atoms. The second-order valence-electron chi connectivity index (χ2n) is 14.7. The third kappa shape index (κ3) is 4.22. The highest BCUT2D eigenvalue weighted by molar-refractivity contribution is 7.26. The summed E-state index contributed by atoms with van der Waals surface area (Å²) in [4.78, 5) is 7.02. The number of fused-ring (bicyclic) bond motifs is 14. The van der Waals surface area contributed by atoms with Gasteiger partial charge in [-0.1, -0.05) is 133 Å². The average Bonchev–Trinajstić information content (AvgIpc) is 3.88. The van der Waals surface area contributed by atoms with Crippen LogP contribution in [0.2, 0.25) is 0 Å². The average molecular weight is 717 g/mol. The van der Waals surface area contributed by atoms with Gasteiger partial charge in [0.2, 0.25) is 0 Å². The minimum absolute atomic E-state index is 0.426. The molecule has 2 heterocycles. The van der Waals surface area contributed by atoms with Gasteiger partial charge >= 0.3 is 0 Å². The van der Waals surface area contributed by atoms with E-state index in [1.807, 2.05) is 23.7 Å². The van der Waals surface area contributed by atoms with Crippen molar-refractivity contribution in [3.63, 3.8) is 0 Å². The highest BCUT2D eigenvalue weighted by Gasteiger charge is 2.52. The summed E-state index contributed by atoms with van der Waals surface area (Å²) in [7, 11) is 0. The number of hydrogen-bond acceptors (Lipinski definition) is 3. The molecule has 0 amide bonds. The van der Waals surface area contributed by atoms with Crippen molar-refractivity contribution in [3.05, 3.63) is 217 Å². The molecule has 10 aromatic rings. The quantitative estimate of drug-likeness (QED) is 0.180. The normalized spacial score (nSPS) is 13.2. The van der Waals surface area contributed by atoms with Gasteiger partial charge in [-0.05, 0) is 104 Å². The standard InChI is InChI=1S/C52H32N2S/c1-2-12-33(13-3-1)34-24-26-37(27-25-34)54(47-22-11-23-48-51(47)41-30-36-32-53-29-28-35(36)31-49(41)55-48)46-21-10-20-45-50(46)40-16-6-9-19-44(40)52(45)42-17-7-4-14-38(42)39-15-5-8-18-43(39)52/h1-32H. The first-order chi connectivity index (χ1) is 27.3. The topological polar surface area (TPSA) is 16.1 Å². The van der Waals surface area contributed by atoms with E-state index in [4.69, 9.17) is 0 Å². The lowest BCUT2D eigenvalue weighted by Gasteiger charge is -2.32. The van der Waals surface area contributed by atoms with E-state index in [9.17, 15) is 0 Å². The van der Waals surface area contributed by atoms with Crippen molar-refractivity contribution < 1.29 is 0 Å². The molecular formula is C52H32N2S. The highest BCUT2D eigenvalue weighted by atomic mass is 32.1. The number of pyridine rings is 1. The third-order valence-electron chi connectivity index (χ3n) is 11.9. The van der Waals surface area contributed by atoms with Gasteiger partial charge in [0, 0.05) is 49.2 Å². The molecule has 0 radical (unpaired) electrons. The van der Waals surface area contributed by atoms with Crippen molar-refractivity contribution in [1.82, 2.24) is 4.98 Å². The SMILES string of the molecule is c1ccc(-c2ccc(N(c3cccc4c3-c3ccccc3C43c4ccccc4-c4ccccc43)c3cccc4sc5cc6ccncc6cc5c34)cc2)cc1. The van der Waals surface area contributed by atoms with E-state index in [1.54, 1.807) is 0 Å². The maximum Gasteiger partial charge on any atom is 0.0726 e. The predicted molar refractivity (Wildman–Crippen MR) is 231 cm³/mol. The van der Waals surface area contributed by atoms with Crippen molar-refractivity contribution >= 4 is 59.3 Å². The van der Waals surface area contributed by atoms with Crippen LogP contribution < -0.4 is 4.90 Å². The largest absolute Gasteiger partial charge is 0.309 e. The van der Waals surface area contributed by atoms with Crippen LogP contribution >= 0.6 is 11.3 Å². The molecule has 0 saturated heterocycles. The van der Waals surface area contributed by atoms with Crippen molar-refractivity contribution in [1.29, 1.82) is 0 Å². The zero-order valence-corrected chi connectivity index (χ0v) is 30.6. The summed E-state index contributed by atoms with van der Waals surface area (Å²) in [5.74, 6) is 0. The van der Waals surface area contributed by atoms with Crippen LogP contribution in [-0.2, 0) is 5.41 Å². The molecule has 2 aromatic heterocycles. The summed E-state index contributed by atoms with van der Waals surface area (Å²) in [6.07, 6.45) is 3.87. The van der Waals surface area contributed by atoms with Crippen LogP contribution in [0, 0.1) is 0 Å². The Kier molecular flexibility index (Phi) is 6.46. The van der Waals surface area contributed by atoms with Gasteiger partial charge in [0.1, 0.15) is 0 Å². The van der Waals surface area contributed by atoms with Gasteiger partial charge in [0.25, 0.3) is 0 Å². The Bertz CT molecular complexity index is 3110. The summed E-state index contributed by atoms with van der Waals surface area (Å²) in [6.45, 7) is 0. The van der Waals surface area contributed by atoms with E-state index in [1.165, 1.54) is 92.6 Å². The van der Waals surface area contributed by atoms with Gasteiger partial charge in [-0.3, -0.25) is 4.98 Å². The summed E-state index contributed by atoms with van der Waals surface area (Å²) in [6, 6.07) is 67.6. The number of anilines is 3. The van der Waals surface area contributed by atoms with Crippen LogP contribution in [0.3, 0.4) is 0 Å².